The fourth-order valence-electron chi connectivity index (χ4n) is 11.0. The molecule has 0 unspecified atom stereocenters. The summed E-state index contributed by atoms with van der Waals surface area (Å²) in [6, 6.07) is 45.9. The molecule has 0 aliphatic heterocycles. The van der Waals surface area contributed by atoms with E-state index in [1.165, 1.54) is 116 Å². The summed E-state index contributed by atoms with van der Waals surface area (Å²) in [5.74, 6) is 0. The first-order chi connectivity index (χ1) is 27.0. The Morgan fingerprint density at radius 1 is 0.421 bits per heavy atom. The maximum atomic E-state index is 2.56. The van der Waals surface area contributed by atoms with Gasteiger partial charge in [0.15, 0.2) is 0 Å². The molecule has 10 rings (SSSR count). The van der Waals surface area contributed by atoms with Crippen LogP contribution in [0.3, 0.4) is 0 Å². The number of hydrogen-bond acceptors (Lipinski definition) is 0. The van der Waals surface area contributed by atoms with E-state index in [0.717, 1.165) is 12.8 Å². The molecule has 0 heteroatoms. The molecule has 0 heterocycles. The zero-order chi connectivity index (χ0) is 40.0. The van der Waals surface area contributed by atoms with Crippen LogP contribution in [0.2, 0.25) is 0 Å². The summed E-state index contributed by atoms with van der Waals surface area (Å²) in [5, 5.41) is 8.20. The Morgan fingerprint density at radius 3 is 1.46 bits per heavy atom. The first-order valence-corrected chi connectivity index (χ1v) is 21.4. The molecule has 0 aromatic heterocycles. The number of hydrogen-bond donors (Lipinski definition) is 0. The van der Waals surface area contributed by atoms with Gasteiger partial charge in [0.2, 0.25) is 0 Å². The Kier molecular flexibility index (Phi) is 7.56. The first-order valence-electron chi connectivity index (χ1n) is 21.4. The molecule has 0 fully saturated rings. The third-order valence-electron chi connectivity index (χ3n) is 14.5. The van der Waals surface area contributed by atoms with Crippen molar-refractivity contribution in [2.24, 2.45) is 0 Å². The minimum absolute atomic E-state index is 0.0472. The molecule has 2 aliphatic carbocycles. The Hall–Kier alpha value is -5.20. The number of aryl methyl sites for hydroxylation is 1. The normalized spacial score (nSPS) is 15.4. The topological polar surface area (TPSA) is 0 Å². The van der Waals surface area contributed by atoms with E-state index >= 15 is 0 Å². The van der Waals surface area contributed by atoms with Gasteiger partial charge in [-0.3, -0.25) is 0 Å². The monoisotopic (exact) mass is 740 g/mol. The van der Waals surface area contributed by atoms with Crippen molar-refractivity contribution in [2.75, 3.05) is 0 Å². The van der Waals surface area contributed by atoms with Gasteiger partial charge in [0.1, 0.15) is 0 Å². The van der Waals surface area contributed by atoms with Crippen molar-refractivity contribution in [3.05, 3.63) is 154 Å². The van der Waals surface area contributed by atoms with E-state index in [9.17, 15) is 0 Å². The summed E-state index contributed by atoms with van der Waals surface area (Å²) in [6.07, 6.45) is 2.12. The van der Waals surface area contributed by atoms with Gasteiger partial charge in [-0.2, -0.15) is 0 Å². The molecule has 2 aliphatic rings. The largest absolute Gasteiger partial charge is 0.0642 e. The zero-order valence-corrected chi connectivity index (χ0v) is 35.9. The van der Waals surface area contributed by atoms with Crippen LogP contribution in [0.4, 0.5) is 0 Å². The van der Waals surface area contributed by atoms with Crippen LogP contribution in [0.15, 0.2) is 115 Å². The van der Waals surface area contributed by atoms with Crippen LogP contribution >= 0.6 is 0 Å². The van der Waals surface area contributed by atoms with E-state index in [0.29, 0.717) is 0 Å². The lowest BCUT2D eigenvalue weighted by Gasteiger charge is -2.30. The lowest BCUT2D eigenvalue weighted by Crippen LogP contribution is -2.23. The van der Waals surface area contributed by atoms with Crippen LogP contribution in [0, 0.1) is 6.92 Å². The average Bonchev–Trinajstić information content (AvgIpc) is 3.60. The van der Waals surface area contributed by atoms with Crippen molar-refractivity contribution in [1.29, 1.82) is 0 Å². The Morgan fingerprint density at radius 2 is 0.895 bits per heavy atom. The average molecular weight is 741 g/mol. The summed E-state index contributed by atoms with van der Waals surface area (Å²) in [6.45, 7) is 25.8. The third kappa shape index (κ3) is 5.05. The van der Waals surface area contributed by atoms with Crippen LogP contribution in [-0.4, -0.2) is 0 Å². The van der Waals surface area contributed by atoms with Crippen molar-refractivity contribution < 1.29 is 0 Å². The highest BCUT2D eigenvalue weighted by Crippen LogP contribution is 2.56. The number of benzene rings is 8. The molecule has 284 valence electrons. The van der Waals surface area contributed by atoms with E-state index in [-0.39, 0.29) is 21.7 Å². The van der Waals surface area contributed by atoms with Gasteiger partial charge in [-0.25, -0.2) is 0 Å². The fourth-order valence-corrected chi connectivity index (χ4v) is 11.0. The van der Waals surface area contributed by atoms with Crippen LogP contribution < -0.4 is 0 Å². The summed E-state index contributed by atoms with van der Waals surface area (Å²) in [4.78, 5) is 0. The third-order valence-corrected chi connectivity index (χ3v) is 14.5. The molecule has 8 aromatic carbocycles. The second kappa shape index (κ2) is 11.9. The quantitative estimate of drug-likeness (QED) is 0.158. The lowest BCUT2D eigenvalue weighted by atomic mass is 9.73. The Labute approximate surface area is 340 Å². The first kappa shape index (κ1) is 36.2. The van der Waals surface area contributed by atoms with Gasteiger partial charge in [-0.1, -0.05) is 166 Å². The highest BCUT2D eigenvalue weighted by atomic mass is 14.4. The highest BCUT2D eigenvalue weighted by Gasteiger charge is 2.41. The molecule has 0 amide bonds. The minimum Gasteiger partial charge on any atom is -0.0642 e. The minimum atomic E-state index is -0.0548. The lowest BCUT2D eigenvalue weighted by molar-refractivity contribution is 0.491. The van der Waals surface area contributed by atoms with E-state index in [2.05, 4.69) is 191 Å². The van der Waals surface area contributed by atoms with Crippen LogP contribution in [0.1, 0.15) is 121 Å². The molecular formula is C57H56. The van der Waals surface area contributed by atoms with Crippen molar-refractivity contribution in [1.82, 2.24) is 0 Å². The summed E-state index contributed by atoms with van der Waals surface area (Å²) in [7, 11) is 0. The predicted octanol–water partition coefficient (Wildman–Crippen LogP) is 16.2. The SMILES string of the molecule is CCC1(CC)c2cc(-c3ccc4c(c3)C(C)(C)c3cc(C(C)(C)C)ccc3-4)ccc2-c2ccc(-c3cc(C)c4ccc5cc(C(C)(C)C)cc6ccc3c4c56)cc21. The van der Waals surface area contributed by atoms with Gasteiger partial charge in [-0.05, 0) is 165 Å². The molecule has 0 saturated heterocycles. The van der Waals surface area contributed by atoms with E-state index in [1.807, 2.05) is 0 Å². The molecule has 57 heavy (non-hydrogen) atoms. The van der Waals surface area contributed by atoms with Crippen molar-refractivity contribution >= 4 is 32.3 Å². The molecule has 0 spiro atoms. The summed E-state index contributed by atoms with van der Waals surface area (Å²) >= 11 is 0. The van der Waals surface area contributed by atoms with Crippen molar-refractivity contribution in [3.8, 4) is 44.5 Å². The molecule has 8 aromatic rings. The Bertz CT molecular complexity index is 2940. The Balaban J connectivity index is 1.08. The van der Waals surface area contributed by atoms with E-state index in [1.54, 1.807) is 0 Å². The molecule has 0 atom stereocenters. The second-order valence-electron chi connectivity index (χ2n) is 20.1. The summed E-state index contributed by atoms with van der Waals surface area (Å²) in [5.41, 5.74) is 21.0. The van der Waals surface area contributed by atoms with Gasteiger partial charge in [-0.15, -0.1) is 0 Å². The smallest absolute Gasteiger partial charge is 0.0210 e. The number of rotatable bonds is 4. The van der Waals surface area contributed by atoms with E-state index in [4.69, 9.17) is 0 Å². The van der Waals surface area contributed by atoms with Gasteiger partial charge >= 0.3 is 0 Å². The van der Waals surface area contributed by atoms with Crippen LogP contribution in [0.25, 0.3) is 76.8 Å². The predicted molar refractivity (Wildman–Crippen MR) is 248 cm³/mol. The van der Waals surface area contributed by atoms with Gasteiger partial charge in [0.05, 0.1) is 0 Å². The van der Waals surface area contributed by atoms with E-state index < -0.39 is 0 Å². The molecule has 0 radical (unpaired) electrons. The maximum absolute atomic E-state index is 2.56. The van der Waals surface area contributed by atoms with Gasteiger partial charge in [0.25, 0.3) is 0 Å². The second-order valence-corrected chi connectivity index (χ2v) is 20.1. The maximum Gasteiger partial charge on any atom is 0.0210 e. The fraction of sp³-hybridized carbons (Fsp3) is 0.298. The van der Waals surface area contributed by atoms with Crippen LogP contribution in [0.5, 0.6) is 0 Å². The van der Waals surface area contributed by atoms with Crippen LogP contribution in [-0.2, 0) is 21.7 Å². The number of fused-ring (bicyclic) bond motifs is 6. The zero-order valence-electron chi connectivity index (χ0n) is 35.9. The molecule has 0 nitrogen and oxygen atoms in total. The molecule has 0 bridgehead atoms. The molecular weight excluding hydrogens is 685 g/mol. The van der Waals surface area contributed by atoms with Gasteiger partial charge in [0, 0.05) is 10.8 Å². The highest BCUT2D eigenvalue weighted by molar-refractivity contribution is 6.26. The summed E-state index contributed by atoms with van der Waals surface area (Å²) < 4.78 is 0. The van der Waals surface area contributed by atoms with Gasteiger partial charge < -0.3 is 0 Å². The van der Waals surface area contributed by atoms with Crippen molar-refractivity contribution in [3.63, 3.8) is 0 Å². The standard InChI is InChI=1S/C57H56/c1-12-57(13-2)50-30-35(34-14-21-42-43-25-19-39(54(4,5)6)32-49(43)56(10,11)48(42)29-34)15-22-44(50)45-23-16-36(31-51(45)57)47-26-33(3)41-20-17-37-27-40(55(7,8)9)28-38-18-24-46(47)53(41)52(37)38/h14-32H,12-13H2,1-11H3. The molecule has 0 saturated carbocycles. The molecule has 0 N–H and O–H groups in total. The van der Waals surface area contributed by atoms with Crippen molar-refractivity contribution in [2.45, 2.75) is 111 Å².